The highest BCUT2D eigenvalue weighted by Crippen LogP contribution is 2.08. The number of alkyl halides is 1. The first-order valence-electron chi connectivity index (χ1n) is 5.33. The summed E-state index contributed by atoms with van der Waals surface area (Å²) in [6, 6.07) is -0.325. The smallest absolute Gasteiger partial charge is 0.334 e. The second kappa shape index (κ2) is 6.65. The Morgan fingerprint density at radius 3 is 2.69 bits per heavy atom. The molecule has 0 spiro atoms. The molecule has 0 aliphatic carbocycles. The molecule has 0 saturated carbocycles. The van der Waals surface area contributed by atoms with Crippen molar-refractivity contribution in [1.82, 2.24) is 15.2 Å². The number of piperidine rings is 1. The second-order valence-corrected chi connectivity index (χ2v) is 4.30. The van der Waals surface area contributed by atoms with Crippen molar-refractivity contribution in [1.29, 1.82) is 0 Å². The minimum Gasteiger partial charge on any atom is -0.334 e. The van der Waals surface area contributed by atoms with Crippen LogP contribution in [-0.2, 0) is 0 Å². The summed E-state index contributed by atoms with van der Waals surface area (Å²) in [5.41, 5.74) is 0. The van der Waals surface area contributed by atoms with E-state index in [9.17, 15) is 9.70 Å². The molecule has 1 heterocycles. The molecule has 0 aromatic heterocycles. The van der Waals surface area contributed by atoms with Gasteiger partial charge < -0.3 is 10.2 Å². The van der Waals surface area contributed by atoms with Crippen LogP contribution in [0.4, 0.5) is 4.79 Å². The average Bonchev–Trinajstić information content (AvgIpc) is 2.29. The largest absolute Gasteiger partial charge is 0.340 e. The van der Waals surface area contributed by atoms with E-state index in [-0.39, 0.29) is 18.5 Å². The summed E-state index contributed by atoms with van der Waals surface area (Å²) in [5, 5.41) is 6.24. The molecule has 0 aromatic carbocycles. The van der Waals surface area contributed by atoms with Crippen LogP contribution >= 0.6 is 11.6 Å². The summed E-state index contributed by atoms with van der Waals surface area (Å²) >= 11 is 5.45. The van der Waals surface area contributed by atoms with Crippen LogP contribution in [-0.4, -0.2) is 54.5 Å². The van der Waals surface area contributed by atoms with Crippen LogP contribution in [0, 0.1) is 4.91 Å². The Morgan fingerprint density at radius 1 is 1.56 bits per heavy atom. The van der Waals surface area contributed by atoms with E-state index in [4.69, 9.17) is 11.6 Å². The standard InChI is InChI=1S/C9H17ClN4O2/c1-13-5-2-8(3-6-13)11-9(15)14(12-16)7-4-10/h8H,2-7H2,1H3,(H,11,15). The number of hydrogen-bond acceptors (Lipinski definition) is 4. The fourth-order valence-corrected chi connectivity index (χ4v) is 1.82. The van der Waals surface area contributed by atoms with E-state index in [0.29, 0.717) is 0 Å². The van der Waals surface area contributed by atoms with E-state index in [0.717, 1.165) is 30.9 Å². The van der Waals surface area contributed by atoms with Crippen molar-refractivity contribution in [3.8, 4) is 0 Å². The summed E-state index contributed by atoms with van der Waals surface area (Å²) in [5.74, 6) is 0.201. The van der Waals surface area contributed by atoms with Crippen molar-refractivity contribution >= 4 is 17.6 Å². The number of carbonyl (C=O) groups excluding carboxylic acids is 1. The van der Waals surface area contributed by atoms with Gasteiger partial charge in [-0.25, -0.2) is 4.79 Å². The summed E-state index contributed by atoms with van der Waals surface area (Å²) in [6.45, 7) is 2.05. The predicted molar refractivity (Wildman–Crippen MR) is 62.3 cm³/mol. The SMILES string of the molecule is CN1CCC(NC(=O)N(CCCl)N=O)CC1. The highest BCUT2D eigenvalue weighted by Gasteiger charge is 2.21. The van der Waals surface area contributed by atoms with E-state index in [1.54, 1.807) is 0 Å². The molecule has 7 heteroatoms. The molecule has 0 atom stereocenters. The Balaban J connectivity index is 2.35. The monoisotopic (exact) mass is 248 g/mol. The van der Waals surface area contributed by atoms with Gasteiger partial charge in [-0.1, -0.05) is 0 Å². The summed E-state index contributed by atoms with van der Waals surface area (Å²) in [7, 11) is 2.05. The Morgan fingerprint density at radius 2 is 2.19 bits per heavy atom. The van der Waals surface area contributed by atoms with Crippen LogP contribution in [0.1, 0.15) is 12.8 Å². The van der Waals surface area contributed by atoms with Gasteiger partial charge in [-0.2, -0.15) is 5.01 Å². The van der Waals surface area contributed by atoms with Crippen LogP contribution in [0.3, 0.4) is 0 Å². The van der Waals surface area contributed by atoms with Gasteiger partial charge in [-0.15, -0.1) is 16.5 Å². The number of nitrogens with one attached hydrogen (secondary N) is 1. The zero-order valence-electron chi connectivity index (χ0n) is 9.36. The fourth-order valence-electron chi connectivity index (χ4n) is 1.66. The molecule has 1 N–H and O–H groups in total. The molecule has 92 valence electrons. The molecule has 1 aliphatic heterocycles. The Hall–Kier alpha value is -0.880. The van der Waals surface area contributed by atoms with Crippen LogP contribution in [0.2, 0.25) is 0 Å². The van der Waals surface area contributed by atoms with Gasteiger partial charge in [-0.3, -0.25) is 0 Å². The first-order valence-corrected chi connectivity index (χ1v) is 5.86. The van der Waals surface area contributed by atoms with Gasteiger partial charge in [0.05, 0.1) is 11.8 Å². The molecule has 0 aromatic rings. The van der Waals surface area contributed by atoms with E-state index < -0.39 is 6.03 Å². The van der Waals surface area contributed by atoms with Crippen LogP contribution in [0.15, 0.2) is 5.29 Å². The number of likely N-dealkylation sites (tertiary alicyclic amines) is 1. The van der Waals surface area contributed by atoms with Crippen LogP contribution < -0.4 is 5.32 Å². The van der Waals surface area contributed by atoms with Gasteiger partial charge in [0.2, 0.25) is 0 Å². The summed E-state index contributed by atoms with van der Waals surface area (Å²) in [6.07, 6.45) is 1.80. The number of urea groups is 1. The zero-order valence-corrected chi connectivity index (χ0v) is 10.1. The first kappa shape index (κ1) is 13.2. The normalized spacial score (nSPS) is 18.1. The van der Waals surface area contributed by atoms with Crippen LogP contribution in [0.25, 0.3) is 0 Å². The van der Waals surface area contributed by atoms with E-state index in [1.807, 2.05) is 7.05 Å². The van der Waals surface area contributed by atoms with Crippen molar-refractivity contribution in [3.63, 3.8) is 0 Å². The maximum absolute atomic E-state index is 11.6. The number of nitroso groups, excluding NO2 is 1. The Labute approximate surface area is 99.9 Å². The third-order valence-electron chi connectivity index (χ3n) is 2.68. The Kier molecular flexibility index (Phi) is 5.48. The lowest BCUT2D eigenvalue weighted by Crippen LogP contribution is -2.47. The average molecular weight is 249 g/mol. The van der Waals surface area contributed by atoms with Gasteiger partial charge in [0.1, 0.15) is 0 Å². The van der Waals surface area contributed by atoms with Gasteiger partial charge in [0, 0.05) is 11.9 Å². The number of rotatable bonds is 4. The van der Waals surface area contributed by atoms with Gasteiger partial charge >= 0.3 is 6.03 Å². The van der Waals surface area contributed by atoms with Crippen molar-refractivity contribution in [2.24, 2.45) is 5.29 Å². The molecular formula is C9H17ClN4O2. The van der Waals surface area contributed by atoms with Gasteiger partial charge in [0.25, 0.3) is 0 Å². The van der Waals surface area contributed by atoms with Gasteiger partial charge in [-0.05, 0) is 33.0 Å². The molecule has 0 bridgehead atoms. The highest BCUT2D eigenvalue weighted by atomic mass is 35.5. The molecule has 1 fully saturated rings. The number of hydrogen-bond donors (Lipinski definition) is 1. The number of halogens is 1. The molecule has 16 heavy (non-hydrogen) atoms. The maximum Gasteiger partial charge on any atom is 0.340 e. The van der Waals surface area contributed by atoms with Crippen LogP contribution in [0.5, 0.6) is 0 Å². The highest BCUT2D eigenvalue weighted by molar-refractivity contribution is 6.18. The molecular weight excluding hydrogens is 232 g/mol. The molecule has 1 aliphatic rings. The lowest BCUT2D eigenvalue weighted by molar-refractivity contribution is 0.184. The molecule has 6 nitrogen and oxygen atoms in total. The predicted octanol–water partition coefficient (Wildman–Crippen LogP) is 1.01. The summed E-state index contributed by atoms with van der Waals surface area (Å²) < 4.78 is 0. The minimum absolute atomic E-state index is 0.128. The first-order chi connectivity index (χ1) is 7.67. The third-order valence-corrected chi connectivity index (χ3v) is 2.84. The van der Waals surface area contributed by atoms with Crippen molar-refractivity contribution < 1.29 is 4.79 Å². The topological polar surface area (TPSA) is 65.0 Å². The third kappa shape index (κ3) is 3.94. The molecule has 1 saturated heterocycles. The van der Waals surface area contributed by atoms with Crippen molar-refractivity contribution in [2.45, 2.75) is 18.9 Å². The maximum atomic E-state index is 11.6. The molecule has 2 amide bonds. The lowest BCUT2D eigenvalue weighted by atomic mass is 10.1. The molecule has 0 unspecified atom stereocenters. The summed E-state index contributed by atoms with van der Waals surface area (Å²) in [4.78, 5) is 24.1. The van der Waals surface area contributed by atoms with Crippen molar-refractivity contribution in [3.05, 3.63) is 4.91 Å². The Bertz CT molecular complexity index is 244. The molecule has 0 radical (unpaired) electrons. The second-order valence-electron chi connectivity index (χ2n) is 3.92. The molecule has 1 rings (SSSR count). The van der Waals surface area contributed by atoms with E-state index in [2.05, 4.69) is 15.5 Å². The lowest BCUT2D eigenvalue weighted by Gasteiger charge is -2.30. The minimum atomic E-state index is -0.454. The number of nitrogens with zero attached hydrogens (tertiary/aromatic N) is 3. The fraction of sp³-hybridized carbons (Fsp3) is 0.889. The number of carbonyl (C=O) groups is 1. The quantitative estimate of drug-likeness (QED) is 0.459. The van der Waals surface area contributed by atoms with E-state index >= 15 is 0 Å². The number of amides is 2. The zero-order chi connectivity index (χ0) is 12.0. The van der Waals surface area contributed by atoms with Crippen molar-refractivity contribution in [2.75, 3.05) is 32.6 Å². The van der Waals surface area contributed by atoms with Gasteiger partial charge in [0.15, 0.2) is 0 Å². The van der Waals surface area contributed by atoms with E-state index in [1.165, 1.54) is 0 Å².